The number of hydrogen-bond acceptors (Lipinski definition) is 4. The van der Waals surface area contributed by atoms with Gasteiger partial charge < -0.3 is 14.6 Å². The molecule has 4 rings (SSSR count). The van der Waals surface area contributed by atoms with Crippen LogP contribution >= 0.6 is 11.6 Å². The summed E-state index contributed by atoms with van der Waals surface area (Å²) in [5.74, 6) is -2.29. The SMILES string of the molecule is Cc1cc(NC(=O)NC(=O)c2c(F)cccc2F)cc(C)c1Oc1ccc([S+]([O-])c2ccc(Cl)cc2)cc1. The second kappa shape index (κ2) is 11.6. The average Bonchev–Trinajstić information content (AvgIpc) is 2.86. The summed E-state index contributed by atoms with van der Waals surface area (Å²) in [6, 6.07) is 18.9. The van der Waals surface area contributed by atoms with Crippen molar-refractivity contribution in [3.63, 3.8) is 0 Å². The zero-order valence-corrected chi connectivity index (χ0v) is 21.8. The molecule has 0 aliphatic heterocycles. The summed E-state index contributed by atoms with van der Waals surface area (Å²) in [6.45, 7) is 3.55. The molecule has 10 heteroatoms. The van der Waals surface area contributed by atoms with Gasteiger partial charge in [-0.1, -0.05) is 17.7 Å². The van der Waals surface area contributed by atoms with Crippen molar-refractivity contribution in [2.75, 3.05) is 5.32 Å². The molecule has 0 aromatic heterocycles. The zero-order valence-electron chi connectivity index (χ0n) is 20.2. The molecule has 0 spiro atoms. The number of rotatable bonds is 6. The van der Waals surface area contributed by atoms with E-state index in [2.05, 4.69) is 5.32 Å². The molecule has 1 unspecified atom stereocenters. The van der Waals surface area contributed by atoms with Crippen LogP contribution < -0.4 is 15.4 Å². The summed E-state index contributed by atoms with van der Waals surface area (Å²) >= 11 is 4.52. The highest BCUT2D eigenvalue weighted by molar-refractivity contribution is 7.91. The molecule has 4 aromatic carbocycles. The Labute approximate surface area is 225 Å². The molecule has 4 aromatic rings. The third kappa shape index (κ3) is 6.31. The lowest BCUT2D eigenvalue weighted by Gasteiger charge is -2.15. The molecular weight excluding hydrogens is 534 g/mol. The van der Waals surface area contributed by atoms with Gasteiger partial charge in [0, 0.05) is 21.9 Å². The van der Waals surface area contributed by atoms with Crippen molar-refractivity contribution >= 4 is 40.4 Å². The summed E-state index contributed by atoms with van der Waals surface area (Å²) < 4.78 is 46.4. The maximum absolute atomic E-state index is 13.8. The molecule has 0 saturated carbocycles. The molecule has 1 atom stereocenters. The second-order valence-corrected chi connectivity index (χ2v) is 10.2. The van der Waals surface area contributed by atoms with Gasteiger partial charge in [-0.15, -0.1) is 0 Å². The molecule has 0 bridgehead atoms. The maximum atomic E-state index is 13.8. The lowest BCUT2D eigenvalue weighted by molar-refractivity contribution is 0.0959. The van der Waals surface area contributed by atoms with E-state index in [1.165, 1.54) is 0 Å². The van der Waals surface area contributed by atoms with E-state index in [4.69, 9.17) is 16.3 Å². The van der Waals surface area contributed by atoms with E-state index in [-0.39, 0.29) is 0 Å². The van der Waals surface area contributed by atoms with Crippen LogP contribution in [0.25, 0.3) is 0 Å². The first-order valence-corrected chi connectivity index (χ1v) is 12.8. The fraction of sp³-hybridized carbons (Fsp3) is 0.0714. The van der Waals surface area contributed by atoms with Gasteiger partial charge in [0.15, 0.2) is 9.79 Å². The van der Waals surface area contributed by atoms with E-state index in [0.29, 0.717) is 43.1 Å². The van der Waals surface area contributed by atoms with Crippen molar-refractivity contribution in [3.8, 4) is 11.5 Å². The van der Waals surface area contributed by atoms with Gasteiger partial charge in [0.2, 0.25) is 0 Å². The highest BCUT2D eigenvalue weighted by Crippen LogP contribution is 2.32. The highest BCUT2D eigenvalue weighted by atomic mass is 35.5. The van der Waals surface area contributed by atoms with Crippen LogP contribution in [0.2, 0.25) is 5.02 Å². The van der Waals surface area contributed by atoms with Crippen molar-refractivity contribution < 1.29 is 27.7 Å². The van der Waals surface area contributed by atoms with Crippen LogP contribution in [0.5, 0.6) is 11.5 Å². The average molecular weight is 555 g/mol. The minimum Gasteiger partial charge on any atom is -0.606 e. The minimum atomic E-state index is -1.37. The van der Waals surface area contributed by atoms with Crippen LogP contribution in [0.4, 0.5) is 19.3 Å². The number of aryl methyl sites for hydroxylation is 2. The molecule has 3 amide bonds. The second-order valence-electron chi connectivity index (χ2n) is 8.24. The van der Waals surface area contributed by atoms with Gasteiger partial charge in [-0.2, -0.15) is 0 Å². The summed E-state index contributed by atoms with van der Waals surface area (Å²) in [5, 5.41) is 4.96. The topological polar surface area (TPSA) is 90.5 Å². The Morgan fingerprint density at radius 3 is 1.95 bits per heavy atom. The number of halogens is 3. The molecule has 0 aliphatic carbocycles. The van der Waals surface area contributed by atoms with E-state index in [1.54, 1.807) is 74.5 Å². The minimum absolute atomic E-state index is 0.348. The summed E-state index contributed by atoms with van der Waals surface area (Å²) in [5.41, 5.74) is 0.864. The molecule has 0 heterocycles. The van der Waals surface area contributed by atoms with Crippen LogP contribution in [0.1, 0.15) is 21.5 Å². The number of ether oxygens (including phenoxy) is 1. The Kier molecular flexibility index (Phi) is 8.31. The Balaban J connectivity index is 1.42. The van der Waals surface area contributed by atoms with Crippen LogP contribution in [-0.2, 0) is 11.2 Å². The summed E-state index contributed by atoms with van der Waals surface area (Å²) in [7, 11) is 0. The Morgan fingerprint density at radius 1 is 0.868 bits per heavy atom. The molecule has 38 heavy (non-hydrogen) atoms. The van der Waals surface area contributed by atoms with E-state index in [9.17, 15) is 22.9 Å². The molecule has 0 saturated heterocycles. The first-order chi connectivity index (χ1) is 18.1. The molecule has 0 fully saturated rings. The van der Waals surface area contributed by atoms with Crippen molar-refractivity contribution in [2.24, 2.45) is 0 Å². The first kappa shape index (κ1) is 27.1. The van der Waals surface area contributed by atoms with Gasteiger partial charge in [0.05, 0.1) is 0 Å². The summed E-state index contributed by atoms with van der Waals surface area (Å²) in [6.07, 6.45) is 0. The Hall–Kier alpha value is -3.92. The third-order valence-corrected chi connectivity index (χ3v) is 7.07. The van der Waals surface area contributed by atoms with E-state index in [1.807, 2.05) is 5.32 Å². The predicted octanol–water partition coefficient (Wildman–Crippen LogP) is 7.16. The van der Waals surface area contributed by atoms with E-state index < -0.39 is 40.3 Å². The van der Waals surface area contributed by atoms with Gasteiger partial charge >= 0.3 is 6.03 Å². The lowest BCUT2D eigenvalue weighted by Crippen LogP contribution is -2.35. The number of anilines is 1. The number of carbonyl (C=O) groups is 2. The van der Waals surface area contributed by atoms with Crippen molar-refractivity contribution in [2.45, 2.75) is 23.6 Å². The number of urea groups is 1. The van der Waals surface area contributed by atoms with Crippen LogP contribution in [0, 0.1) is 25.5 Å². The first-order valence-electron chi connectivity index (χ1n) is 11.2. The zero-order chi connectivity index (χ0) is 27.4. The standard InChI is InChI=1S/C28H21ClF2N2O4S/c1-16-14-19(32-28(35)33-27(34)25-23(30)4-3-5-24(25)31)15-17(2)26(16)37-20-8-12-22(13-9-20)38(36)21-10-6-18(29)7-11-21/h3-15H,1-2H3,(H2,32,33,34,35). The largest absolute Gasteiger partial charge is 0.606 e. The smallest absolute Gasteiger partial charge is 0.326 e. The van der Waals surface area contributed by atoms with Crippen LogP contribution in [0.3, 0.4) is 0 Å². The van der Waals surface area contributed by atoms with Gasteiger partial charge in [-0.3, -0.25) is 10.1 Å². The fourth-order valence-electron chi connectivity index (χ4n) is 3.67. The number of nitrogens with one attached hydrogen (secondary N) is 2. The lowest BCUT2D eigenvalue weighted by atomic mass is 10.1. The van der Waals surface area contributed by atoms with Crippen molar-refractivity contribution in [1.82, 2.24) is 5.32 Å². The fourth-order valence-corrected chi connectivity index (χ4v) is 4.83. The number of carbonyl (C=O) groups excluding carboxylic acids is 2. The number of hydrogen-bond donors (Lipinski definition) is 2. The molecule has 0 aliphatic rings. The highest BCUT2D eigenvalue weighted by Gasteiger charge is 2.20. The molecule has 6 nitrogen and oxygen atoms in total. The quantitative estimate of drug-likeness (QED) is 0.247. The maximum Gasteiger partial charge on any atom is 0.326 e. The number of amides is 3. The number of imide groups is 1. The summed E-state index contributed by atoms with van der Waals surface area (Å²) in [4.78, 5) is 25.6. The molecular formula is C28H21ClF2N2O4S. The van der Waals surface area contributed by atoms with Gasteiger partial charge in [0.1, 0.15) is 28.7 Å². The van der Waals surface area contributed by atoms with Gasteiger partial charge in [-0.25, -0.2) is 13.6 Å². The molecule has 194 valence electrons. The van der Waals surface area contributed by atoms with Crippen LogP contribution in [-0.4, -0.2) is 16.5 Å². The molecule has 0 radical (unpaired) electrons. The van der Waals surface area contributed by atoms with Crippen LogP contribution in [0.15, 0.2) is 88.7 Å². The van der Waals surface area contributed by atoms with Crippen molar-refractivity contribution in [3.05, 3.63) is 112 Å². The van der Waals surface area contributed by atoms with E-state index >= 15 is 0 Å². The normalized spacial score (nSPS) is 11.5. The number of benzene rings is 4. The third-order valence-electron chi connectivity index (χ3n) is 5.42. The predicted molar refractivity (Wildman–Crippen MR) is 141 cm³/mol. The monoisotopic (exact) mass is 554 g/mol. The van der Waals surface area contributed by atoms with Crippen molar-refractivity contribution in [1.29, 1.82) is 0 Å². The van der Waals surface area contributed by atoms with Gasteiger partial charge in [0.25, 0.3) is 5.91 Å². The molecule has 2 N–H and O–H groups in total. The Morgan fingerprint density at radius 2 is 1.39 bits per heavy atom. The Bertz CT molecular complexity index is 1450. The van der Waals surface area contributed by atoms with E-state index in [0.717, 1.165) is 18.2 Å². The van der Waals surface area contributed by atoms with Gasteiger partial charge in [-0.05, 0) is 97.8 Å².